The minimum atomic E-state index is 0.583. The van der Waals surface area contributed by atoms with Crippen LogP contribution in [-0.2, 0) is 0 Å². The van der Waals surface area contributed by atoms with Crippen molar-refractivity contribution >= 4 is 97.1 Å². The lowest BCUT2D eigenvalue weighted by atomic mass is 10.1. The first-order valence-electron chi connectivity index (χ1n) is 21.4. The Bertz CT molecular complexity index is 4140. The number of aromatic nitrogens is 5. The van der Waals surface area contributed by atoms with Gasteiger partial charge in [0.05, 0.1) is 33.1 Å². The van der Waals surface area contributed by atoms with E-state index in [2.05, 4.69) is 167 Å². The predicted molar refractivity (Wildman–Crippen MR) is 265 cm³/mol. The minimum Gasteiger partial charge on any atom is -0.455 e. The van der Waals surface area contributed by atoms with Crippen LogP contribution in [0.5, 0.6) is 0 Å². The molecule has 14 rings (SSSR count). The highest BCUT2D eigenvalue weighted by atomic mass is 32.1. The smallest absolute Gasteiger partial charge is 0.166 e. The average Bonchev–Trinajstić information content (AvgIpc) is 4.12. The van der Waals surface area contributed by atoms with Crippen molar-refractivity contribution < 1.29 is 4.42 Å². The Kier molecular flexibility index (Phi) is 7.46. The number of thiophene rings is 1. The van der Waals surface area contributed by atoms with Crippen LogP contribution >= 0.6 is 11.3 Å². The van der Waals surface area contributed by atoms with Crippen molar-refractivity contribution in [3.8, 4) is 45.5 Å². The lowest BCUT2D eigenvalue weighted by Gasteiger charge is -2.17. The third-order valence-electron chi connectivity index (χ3n) is 12.8. The zero-order chi connectivity index (χ0) is 41.9. The van der Waals surface area contributed by atoms with E-state index in [4.69, 9.17) is 19.4 Å². The Morgan fingerprint density at radius 3 is 1.69 bits per heavy atom. The molecule has 0 unspecified atom stereocenters. The van der Waals surface area contributed by atoms with Gasteiger partial charge in [0.15, 0.2) is 17.5 Å². The molecule has 0 radical (unpaired) electrons. The van der Waals surface area contributed by atoms with E-state index in [-0.39, 0.29) is 0 Å². The molecule has 0 aliphatic heterocycles. The van der Waals surface area contributed by atoms with Crippen LogP contribution in [0.25, 0.3) is 131 Å². The molecule has 0 saturated heterocycles. The Morgan fingerprint density at radius 1 is 0.391 bits per heavy atom. The van der Waals surface area contributed by atoms with Crippen LogP contribution in [0.4, 0.5) is 0 Å². The molecule has 5 aromatic heterocycles. The fourth-order valence-electron chi connectivity index (χ4n) is 9.97. The van der Waals surface area contributed by atoms with Crippen molar-refractivity contribution in [1.29, 1.82) is 0 Å². The molecule has 0 N–H and O–H groups in total. The fraction of sp³-hybridized carbons (Fsp3) is 0. The van der Waals surface area contributed by atoms with Crippen LogP contribution in [0.2, 0.25) is 0 Å². The number of hydrogen-bond acceptors (Lipinski definition) is 5. The molecule has 0 fully saturated rings. The number of nitrogens with zero attached hydrogens (tertiary/aromatic N) is 5. The van der Waals surface area contributed by atoms with Crippen LogP contribution in [0, 0.1) is 0 Å². The van der Waals surface area contributed by atoms with Crippen LogP contribution < -0.4 is 0 Å². The van der Waals surface area contributed by atoms with E-state index < -0.39 is 0 Å². The summed E-state index contributed by atoms with van der Waals surface area (Å²) in [5, 5.41) is 9.43. The highest BCUT2D eigenvalue weighted by Crippen LogP contribution is 2.46. The van der Waals surface area contributed by atoms with Gasteiger partial charge >= 0.3 is 0 Å². The molecule has 0 spiro atoms. The molecule has 0 aliphatic rings. The number of furan rings is 1. The van der Waals surface area contributed by atoms with E-state index in [0.29, 0.717) is 17.5 Å². The van der Waals surface area contributed by atoms with Crippen LogP contribution in [-0.4, -0.2) is 24.1 Å². The normalized spacial score (nSPS) is 12.1. The summed E-state index contributed by atoms with van der Waals surface area (Å²) in [4.78, 5) is 15.7. The molecular weight excluding hydrogens is 803 g/mol. The molecule has 7 heteroatoms. The molecule has 298 valence electrons. The van der Waals surface area contributed by atoms with Gasteiger partial charge in [0.1, 0.15) is 11.2 Å². The first kappa shape index (κ1) is 35.2. The standard InChI is InChI=1S/C57H33N5OS/c1-3-15-34(16-4-1)55-58-56(35-17-5-2-6-18-35)60-57(59-55)43-28-27-36(61-44-23-11-8-22-42(44)52-47(61)32-30-40-38-20-10-14-26-50(38)64-54(40)52)33-48(43)62-45-24-12-7-21-41(45)51-46(62)31-29-39-37-19-9-13-25-49(37)63-53(39)51/h1-33H. The molecule has 0 bridgehead atoms. The SMILES string of the molecule is c1ccc(-c2nc(-c3ccccc3)nc(-c3ccc(-n4c5ccccc5c5c6sc7ccccc7c6ccc54)cc3-n3c4ccccc4c4c5oc6ccccc6c5ccc43)n2)cc1. The first-order valence-corrected chi connectivity index (χ1v) is 22.3. The largest absolute Gasteiger partial charge is 0.455 e. The topological polar surface area (TPSA) is 61.7 Å². The summed E-state index contributed by atoms with van der Waals surface area (Å²) in [5.41, 5.74) is 10.8. The second-order valence-electron chi connectivity index (χ2n) is 16.3. The van der Waals surface area contributed by atoms with Crippen LogP contribution in [0.15, 0.2) is 205 Å². The maximum absolute atomic E-state index is 6.75. The summed E-state index contributed by atoms with van der Waals surface area (Å²) in [6, 6.07) is 70.6. The Hall–Kier alpha value is -8.39. The highest BCUT2D eigenvalue weighted by Gasteiger charge is 2.24. The van der Waals surface area contributed by atoms with Crippen molar-refractivity contribution in [2.24, 2.45) is 0 Å². The summed E-state index contributed by atoms with van der Waals surface area (Å²) in [6.07, 6.45) is 0. The molecule has 6 nitrogen and oxygen atoms in total. The highest BCUT2D eigenvalue weighted by molar-refractivity contribution is 7.26. The minimum absolute atomic E-state index is 0.583. The number of rotatable bonds is 5. The van der Waals surface area contributed by atoms with Gasteiger partial charge in [-0.15, -0.1) is 11.3 Å². The second kappa shape index (κ2) is 13.6. The summed E-state index contributed by atoms with van der Waals surface area (Å²) >= 11 is 1.87. The monoisotopic (exact) mass is 835 g/mol. The van der Waals surface area contributed by atoms with Crippen molar-refractivity contribution in [3.63, 3.8) is 0 Å². The number of fused-ring (bicyclic) bond motifs is 14. The zero-order valence-corrected chi connectivity index (χ0v) is 34.9. The maximum atomic E-state index is 6.75. The van der Waals surface area contributed by atoms with Gasteiger partial charge in [0.25, 0.3) is 0 Å². The zero-order valence-electron chi connectivity index (χ0n) is 34.1. The number of hydrogen-bond donors (Lipinski definition) is 0. The van der Waals surface area contributed by atoms with E-state index in [1.54, 1.807) is 0 Å². The summed E-state index contributed by atoms with van der Waals surface area (Å²) < 4.78 is 14.1. The van der Waals surface area contributed by atoms with Gasteiger partial charge < -0.3 is 13.6 Å². The number of benzene rings is 9. The quantitative estimate of drug-likeness (QED) is 0.173. The number of para-hydroxylation sites is 3. The summed E-state index contributed by atoms with van der Waals surface area (Å²) in [7, 11) is 0. The van der Waals surface area contributed by atoms with Gasteiger partial charge in [-0.25, -0.2) is 15.0 Å². The molecule has 0 atom stereocenters. The van der Waals surface area contributed by atoms with Gasteiger partial charge in [0.2, 0.25) is 0 Å². The fourth-order valence-corrected chi connectivity index (χ4v) is 11.2. The molecule has 14 aromatic rings. The van der Waals surface area contributed by atoms with Gasteiger partial charge in [-0.05, 0) is 60.7 Å². The summed E-state index contributed by atoms with van der Waals surface area (Å²) in [5.74, 6) is 1.81. The van der Waals surface area contributed by atoms with Gasteiger partial charge in [-0.2, -0.15) is 0 Å². The van der Waals surface area contributed by atoms with E-state index in [1.807, 2.05) is 53.8 Å². The van der Waals surface area contributed by atoms with E-state index in [9.17, 15) is 0 Å². The van der Waals surface area contributed by atoms with Crippen molar-refractivity contribution in [2.75, 3.05) is 0 Å². The van der Waals surface area contributed by atoms with Crippen LogP contribution in [0.1, 0.15) is 0 Å². The lowest BCUT2D eigenvalue weighted by Crippen LogP contribution is -2.05. The van der Waals surface area contributed by atoms with E-state index in [1.165, 1.54) is 30.9 Å². The molecule has 0 saturated carbocycles. The van der Waals surface area contributed by atoms with Gasteiger partial charge in [-0.3, -0.25) is 0 Å². The first-order chi connectivity index (χ1) is 31.7. The molecule has 5 heterocycles. The predicted octanol–water partition coefficient (Wildman–Crippen LogP) is 15.3. The second-order valence-corrected chi connectivity index (χ2v) is 17.4. The van der Waals surface area contributed by atoms with Crippen molar-refractivity contribution in [1.82, 2.24) is 24.1 Å². The molecule has 0 amide bonds. The van der Waals surface area contributed by atoms with E-state index >= 15 is 0 Å². The summed E-state index contributed by atoms with van der Waals surface area (Å²) in [6.45, 7) is 0. The van der Waals surface area contributed by atoms with Gasteiger partial charge in [0, 0.05) is 69.5 Å². The van der Waals surface area contributed by atoms with Crippen molar-refractivity contribution in [2.45, 2.75) is 0 Å². The van der Waals surface area contributed by atoms with Gasteiger partial charge in [-0.1, -0.05) is 140 Å². The lowest BCUT2D eigenvalue weighted by molar-refractivity contribution is 0.673. The third-order valence-corrected chi connectivity index (χ3v) is 14.0. The van der Waals surface area contributed by atoms with E-state index in [0.717, 1.165) is 82.8 Å². The Morgan fingerprint density at radius 2 is 0.953 bits per heavy atom. The molecule has 0 aliphatic carbocycles. The third kappa shape index (κ3) is 5.10. The van der Waals surface area contributed by atoms with Crippen LogP contribution in [0.3, 0.4) is 0 Å². The Balaban J connectivity index is 1.11. The average molecular weight is 836 g/mol. The maximum Gasteiger partial charge on any atom is 0.166 e. The van der Waals surface area contributed by atoms with Crippen molar-refractivity contribution in [3.05, 3.63) is 200 Å². The molecular formula is C57H33N5OS. The Labute approximate surface area is 369 Å². The molecule has 64 heavy (non-hydrogen) atoms. The molecule has 9 aromatic carbocycles.